The van der Waals surface area contributed by atoms with Gasteiger partial charge in [0.2, 0.25) is 0 Å². The third kappa shape index (κ3) is 3.99. The second-order valence-corrected chi connectivity index (χ2v) is 8.78. The molecule has 4 nitrogen and oxygen atoms in total. The van der Waals surface area contributed by atoms with Crippen LogP contribution in [0.3, 0.4) is 0 Å². The van der Waals surface area contributed by atoms with E-state index < -0.39 is 0 Å². The van der Waals surface area contributed by atoms with Crippen molar-refractivity contribution in [3.8, 4) is 5.75 Å². The molecular formula is C26H32N2O2. The van der Waals surface area contributed by atoms with Crippen LogP contribution in [0.4, 0.5) is 0 Å². The van der Waals surface area contributed by atoms with Gasteiger partial charge in [-0.15, -0.1) is 0 Å². The molecular weight excluding hydrogens is 372 g/mol. The molecule has 0 spiro atoms. The Morgan fingerprint density at radius 1 is 1.13 bits per heavy atom. The highest BCUT2D eigenvalue weighted by molar-refractivity contribution is 5.83. The fourth-order valence-electron chi connectivity index (χ4n) is 5.30. The van der Waals surface area contributed by atoms with E-state index in [1.807, 2.05) is 0 Å². The van der Waals surface area contributed by atoms with Crippen molar-refractivity contribution < 1.29 is 9.47 Å². The van der Waals surface area contributed by atoms with Crippen molar-refractivity contribution in [2.75, 3.05) is 33.4 Å². The van der Waals surface area contributed by atoms with Gasteiger partial charge < -0.3 is 14.5 Å². The van der Waals surface area contributed by atoms with Crippen LogP contribution in [-0.2, 0) is 17.6 Å². The number of nitrogens with zero attached hydrogens (tertiary/aromatic N) is 1. The largest absolute Gasteiger partial charge is 0.497 e. The van der Waals surface area contributed by atoms with E-state index in [2.05, 4.69) is 58.5 Å². The molecule has 0 radical (unpaired) electrons. The summed E-state index contributed by atoms with van der Waals surface area (Å²) in [7, 11) is 1.77. The summed E-state index contributed by atoms with van der Waals surface area (Å²) < 4.78 is 11.2. The van der Waals surface area contributed by atoms with Crippen LogP contribution in [0, 0.1) is 5.92 Å². The molecule has 5 rings (SSSR count). The molecule has 1 aromatic heterocycles. The lowest BCUT2D eigenvalue weighted by Crippen LogP contribution is -2.40. The van der Waals surface area contributed by atoms with Crippen LogP contribution in [0.25, 0.3) is 10.9 Å². The number of hydrogen-bond donors (Lipinski definition) is 1. The summed E-state index contributed by atoms with van der Waals surface area (Å²) in [5.41, 5.74) is 5.61. The molecule has 2 aromatic carbocycles. The van der Waals surface area contributed by atoms with Gasteiger partial charge in [0, 0.05) is 49.4 Å². The molecule has 1 unspecified atom stereocenters. The average Bonchev–Trinajstić information content (AvgIpc) is 3.21. The first-order valence-corrected chi connectivity index (χ1v) is 11.4. The molecule has 4 heteroatoms. The zero-order valence-corrected chi connectivity index (χ0v) is 17.9. The zero-order valence-electron chi connectivity index (χ0n) is 17.9. The second-order valence-electron chi connectivity index (χ2n) is 8.78. The summed E-state index contributed by atoms with van der Waals surface area (Å²) in [6.45, 7) is 4.17. The molecule has 1 N–H and O–H groups in total. The molecule has 0 bridgehead atoms. The predicted molar refractivity (Wildman–Crippen MR) is 121 cm³/mol. The molecule has 0 saturated carbocycles. The third-order valence-electron chi connectivity index (χ3n) is 7.02. The molecule has 3 heterocycles. The lowest BCUT2D eigenvalue weighted by atomic mass is 9.87. The predicted octanol–water partition coefficient (Wildman–Crippen LogP) is 5.14. The molecule has 30 heavy (non-hydrogen) atoms. The highest BCUT2D eigenvalue weighted by atomic mass is 16.5. The summed E-state index contributed by atoms with van der Waals surface area (Å²) in [6.07, 6.45) is 7.92. The van der Waals surface area contributed by atoms with Crippen molar-refractivity contribution in [3.05, 3.63) is 65.4 Å². The third-order valence-corrected chi connectivity index (χ3v) is 7.02. The van der Waals surface area contributed by atoms with Gasteiger partial charge in [0.1, 0.15) is 5.75 Å². The van der Waals surface area contributed by atoms with Crippen molar-refractivity contribution in [2.45, 2.75) is 38.1 Å². The van der Waals surface area contributed by atoms with Crippen LogP contribution in [0.5, 0.6) is 5.75 Å². The molecule has 1 saturated heterocycles. The van der Waals surface area contributed by atoms with Crippen molar-refractivity contribution in [1.29, 1.82) is 0 Å². The van der Waals surface area contributed by atoms with Crippen LogP contribution >= 0.6 is 0 Å². The first kappa shape index (κ1) is 19.7. The molecule has 2 aliphatic heterocycles. The van der Waals surface area contributed by atoms with Gasteiger partial charge in [0.05, 0.1) is 7.11 Å². The maximum absolute atomic E-state index is 5.60. The number of nitrogens with one attached hydrogen (secondary N) is 1. The van der Waals surface area contributed by atoms with Crippen LogP contribution in [0.15, 0.2) is 48.7 Å². The number of benzene rings is 2. The minimum Gasteiger partial charge on any atom is -0.497 e. The Morgan fingerprint density at radius 3 is 2.87 bits per heavy atom. The molecule has 0 amide bonds. The van der Waals surface area contributed by atoms with Gasteiger partial charge in [-0.2, -0.15) is 0 Å². The van der Waals surface area contributed by atoms with Gasteiger partial charge in [0.25, 0.3) is 0 Å². The number of ether oxygens (including phenoxy) is 2. The van der Waals surface area contributed by atoms with E-state index in [1.165, 1.54) is 47.0 Å². The number of para-hydroxylation sites is 1. The normalized spacial score (nSPS) is 20.4. The Balaban J connectivity index is 1.40. The SMILES string of the molecule is COc1ccc2c(c1)C(CCc1c[nH]c3ccccc13)N(CC1CCOCC1)CC2. The van der Waals surface area contributed by atoms with Gasteiger partial charge >= 0.3 is 0 Å². The van der Waals surface area contributed by atoms with Crippen molar-refractivity contribution in [1.82, 2.24) is 9.88 Å². The van der Waals surface area contributed by atoms with Crippen molar-refractivity contribution in [3.63, 3.8) is 0 Å². The lowest BCUT2D eigenvalue weighted by Gasteiger charge is -2.40. The monoisotopic (exact) mass is 404 g/mol. The van der Waals surface area contributed by atoms with Crippen LogP contribution in [0.1, 0.15) is 42.0 Å². The van der Waals surface area contributed by atoms with Gasteiger partial charge in [-0.05, 0) is 72.9 Å². The number of rotatable bonds is 6. The summed E-state index contributed by atoms with van der Waals surface area (Å²) in [5, 5.41) is 1.36. The maximum Gasteiger partial charge on any atom is 0.119 e. The van der Waals surface area contributed by atoms with Gasteiger partial charge in [-0.1, -0.05) is 24.3 Å². The first-order valence-electron chi connectivity index (χ1n) is 11.4. The second kappa shape index (κ2) is 8.83. The first-order chi connectivity index (χ1) is 14.8. The summed E-state index contributed by atoms with van der Waals surface area (Å²) >= 11 is 0. The Hall–Kier alpha value is -2.30. The quantitative estimate of drug-likeness (QED) is 0.618. The summed E-state index contributed by atoms with van der Waals surface area (Å²) in [4.78, 5) is 6.19. The Labute approximate surface area is 179 Å². The van der Waals surface area contributed by atoms with Crippen LogP contribution < -0.4 is 4.74 Å². The van der Waals surface area contributed by atoms with Crippen molar-refractivity contribution >= 4 is 10.9 Å². The molecule has 3 aromatic rings. The molecule has 0 aliphatic carbocycles. The number of aryl methyl sites for hydroxylation is 1. The van der Waals surface area contributed by atoms with Crippen LogP contribution in [0.2, 0.25) is 0 Å². The molecule has 1 fully saturated rings. The van der Waals surface area contributed by atoms with Crippen LogP contribution in [-0.4, -0.2) is 43.3 Å². The van der Waals surface area contributed by atoms with E-state index in [0.29, 0.717) is 6.04 Å². The Kier molecular flexibility index (Phi) is 5.78. The highest BCUT2D eigenvalue weighted by Gasteiger charge is 2.30. The van der Waals surface area contributed by atoms with E-state index in [0.717, 1.165) is 50.7 Å². The summed E-state index contributed by atoms with van der Waals surface area (Å²) in [5.74, 6) is 1.72. The lowest BCUT2D eigenvalue weighted by molar-refractivity contribution is 0.0423. The van der Waals surface area contributed by atoms with Gasteiger partial charge in [-0.25, -0.2) is 0 Å². The van der Waals surface area contributed by atoms with E-state index in [9.17, 15) is 0 Å². The van der Waals surface area contributed by atoms with Crippen molar-refractivity contribution in [2.24, 2.45) is 5.92 Å². The van der Waals surface area contributed by atoms with Gasteiger partial charge in [0.15, 0.2) is 0 Å². The Morgan fingerprint density at radius 2 is 2.00 bits per heavy atom. The number of aromatic nitrogens is 1. The van der Waals surface area contributed by atoms with E-state index in [-0.39, 0.29) is 0 Å². The zero-order chi connectivity index (χ0) is 20.3. The molecule has 1 atom stereocenters. The standard InChI is InChI=1S/C26H32N2O2/c1-29-22-8-6-20-10-13-28(18-19-11-14-30-15-12-19)26(24(20)16-22)9-7-21-17-27-25-5-3-2-4-23(21)25/h2-6,8,16-17,19,26-27H,7,9-15,18H2,1H3. The molecule has 158 valence electrons. The number of aromatic amines is 1. The topological polar surface area (TPSA) is 37.5 Å². The van der Waals surface area contributed by atoms with E-state index in [1.54, 1.807) is 7.11 Å². The van der Waals surface area contributed by atoms with Gasteiger partial charge in [-0.3, -0.25) is 4.90 Å². The smallest absolute Gasteiger partial charge is 0.119 e. The minimum absolute atomic E-state index is 0.445. The molecule has 2 aliphatic rings. The minimum atomic E-state index is 0.445. The van der Waals surface area contributed by atoms with E-state index >= 15 is 0 Å². The number of H-pyrrole nitrogens is 1. The fraction of sp³-hybridized carbons (Fsp3) is 0.462. The number of hydrogen-bond acceptors (Lipinski definition) is 3. The highest BCUT2D eigenvalue weighted by Crippen LogP contribution is 2.37. The summed E-state index contributed by atoms with van der Waals surface area (Å²) in [6, 6.07) is 15.8. The Bertz CT molecular complexity index is 990. The van der Waals surface area contributed by atoms with E-state index in [4.69, 9.17) is 9.47 Å². The fourth-order valence-corrected chi connectivity index (χ4v) is 5.30. The average molecular weight is 405 g/mol. The number of methoxy groups -OCH3 is 1. The number of fused-ring (bicyclic) bond motifs is 2. The maximum atomic E-state index is 5.60.